The first-order valence-electron chi connectivity index (χ1n) is 7.26. The fourth-order valence-electron chi connectivity index (χ4n) is 3.77. The lowest BCUT2D eigenvalue weighted by atomic mass is 9.52. The molecular formula is C15H29N. The highest BCUT2D eigenvalue weighted by atomic mass is 15.0. The summed E-state index contributed by atoms with van der Waals surface area (Å²) in [5, 5.41) is 3.83. The Bertz CT molecular complexity index is 221. The molecule has 94 valence electrons. The molecule has 0 heterocycles. The van der Waals surface area contributed by atoms with Gasteiger partial charge in [-0.15, -0.1) is 0 Å². The lowest BCUT2D eigenvalue weighted by molar-refractivity contribution is -0.0211. The van der Waals surface area contributed by atoms with Crippen molar-refractivity contribution in [1.82, 2.24) is 5.32 Å². The van der Waals surface area contributed by atoms with Gasteiger partial charge in [0.1, 0.15) is 0 Å². The maximum atomic E-state index is 3.83. The average molecular weight is 223 g/mol. The monoisotopic (exact) mass is 223 g/mol. The third kappa shape index (κ3) is 2.16. The van der Waals surface area contributed by atoms with E-state index >= 15 is 0 Å². The van der Waals surface area contributed by atoms with Crippen molar-refractivity contribution in [3.63, 3.8) is 0 Å². The molecule has 0 amide bonds. The quantitative estimate of drug-likeness (QED) is 0.756. The van der Waals surface area contributed by atoms with Crippen molar-refractivity contribution in [2.75, 3.05) is 0 Å². The van der Waals surface area contributed by atoms with E-state index in [1.807, 2.05) is 0 Å². The Kier molecular flexibility index (Phi) is 3.36. The Morgan fingerprint density at radius 2 is 1.50 bits per heavy atom. The number of nitrogens with one attached hydrogen (secondary N) is 1. The Labute approximate surface area is 101 Å². The molecule has 1 nitrogen and oxygen atoms in total. The van der Waals surface area contributed by atoms with E-state index < -0.39 is 0 Å². The van der Waals surface area contributed by atoms with Crippen LogP contribution in [0.3, 0.4) is 0 Å². The molecule has 16 heavy (non-hydrogen) atoms. The second kappa shape index (κ2) is 4.33. The van der Waals surface area contributed by atoms with E-state index in [9.17, 15) is 0 Å². The molecule has 0 aliphatic heterocycles. The van der Waals surface area contributed by atoms with Gasteiger partial charge in [-0.05, 0) is 69.6 Å². The van der Waals surface area contributed by atoms with Crippen molar-refractivity contribution in [2.45, 2.75) is 84.7 Å². The lowest BCUT2D eigenvalue weighted by Crippen LogP contribution is -2.52. The van der Waals surface area contributed by atoms with Gasteiger partial charge in [0, 0.05) is 12.1 Å². The van der Waals surface area contributed by atoms with E-state index in [4.69, 9.17) is 0 Å². The molecule has 0 aromatic heterocycles. The standard InChI is InChI=1S/C15H29N/c1-5-12(2)16-13(3)15-9-6-14(4,7-10-15)8-11-15/h12-13,16H,5-11H2,1-4H3. The molecule has 1 N–H and O–H groups in total. The Morgan fingerprint density at radius 1 is 1.00 bits per heavy atom. The van der Waals surface area contributed by atoms with Crippen molar-refractivity contribution >= 4 is 0 Å². The highest BCUT2D eigenvalue weighted by Crippen LogP contribution is 2.57. The van der Waals surface area contributed by atoms with E-state index in [0.717, 1.165) is 0 Å². The molecule has 3 fully saturated rings. The van der Waals surface area contributed by atoms with Crippen LogP contribution in [-0.2, 0) is 0 Å². The third-order valence-electron chi connectivity index (χ3n) is 5.74. The summed E-state index contributed by atoms with van der Waals surface area (Å²) < 4.78 is 0. The molecule has 3 aliphatic rings. The summed E-state index contributed by atoms with van der Waals surface area (Å²) in [4.78, 5) is 0. The van der Waals surface area contributed by atoms with Gasteiger partial charge in [-0.1, -0.05) is 13.8 Å². The topological polar surface area (TPSA) is 12.0 Å². The number of hydrogen-bond acceptors (Lipinski definition) is 1. The number of fused-ring (bicyclic) bond motifs is 3. The molecule has 0 spiro atoms. The molecule has 0 saturated heterocycles. The van der Waals surface area contributed by atoms with Crippen molar-refractivity contribution in [3.05, 3.63) is 0 Å². The third-order valence-corrected chi connectivity index (χ3v) is 5.74. The van der Waals surface area contributed by atoms with Gasteiger partial charge in [0.2, 0.25) is 0 Å². The van der Waals surface area contributed by atoms with Gasteiger partial charge in [0.05, 0.1) is 0 Å². The minimum Gasteiger partial charge on any atom is -0.311 e. The minimum atomic E-state index is 0.640. The first-order valence-corrected chi connectivity index (χ1v) is 7.26. The predicted molar refractivity (Wildman–Crippen MR) is 70.6 cm³/mol. The van der Waals surface area contributed by atoms with Crippen LogP contribution in [0, 0.1) is 10.8 Å². The van der Waals surface area contributed by atoms with Gasteiger partial charge >= 0.3 is 0 Å². The zero-order valence-electron chi connectivity index (χ0n) is 11.6. The van der Waals surface area contributed by atoms with E-state index in [-0.39, 0.29) is 0 Å². The SMILES string of the molecule is CCC(C)NC(C)C12CCC(C)(CC1)CC2. The Morgan fingerprint density at radius 3 is 1.94 bits per heavy atom. The molecule has 0 radical (unpaired) electrons. The zero-order chi connectivity index (χ0) is 11.8. The van der Waals surface area contributed by atoms with Crippen LogP contribution in [0.5, 0.6) is 0 Å². The van der Waals surface area contributed by atoms with Gasteiger partial charge in [-0.2, -0.15) is 0 Å². The van der Waals surface area contributed by atoms with Crippen LogP contribution in [0.2, 0.25) is 0 Å². The van der Waals surface area contributed by atoms with Crippen molar-refractivity contribution < 1.29 is 0 Å². The van der Waals surface area contributed by atoms with Crippen LogP contribution in [-0.4, -0.2) is 12.1 Å². The van der Waals surface area contributed by atoms with E-state index in [2.05, 4.69) is 33.0 Å². The van der Waals surface area contributed by atoms with Gasteiger partial charge in [-0.3, -0.25) is 0 Å². The molecule has 1 heteroatoms. The van der Waals surface area contributed by atoms with Crippen molar-refractivity contribution in [2.24, 2.45) is 10.8 Å². The molecule has 3 rings (SSSR count). The molecular weight excluding hydrogens is 194 g/mol. The van der Waals surface area contributed by atoms with Crippen molar-refractivity contribution in [1.29, 1.82) is 0 Å². The van der Waals surface area contributed by atoms with Gasteiger partial charge in [0.25, 0.3) is 0 Å². The Balaban J connectivity index is 1.98. The predicted octanol–water partition coefficient (Wildman–Crippen LogP) is 4.12. The van der Waals surface area contributed by atoms with Gasteiger partial charge < -0.3 is 5.32 Å². The van der Waals surface area contributed by atoms with Crippen LogP contribution in [0.1, 0.15) is 72.6 Å². The summed E-state index contributed by atoms with van der Waals surface area (Å²) in [6, 6.07) is 1.40. The zero-order valence-corrected chi connectivity index (χ0v) is 11.6. The van der Waals surface area contributed by atoms with Crippen LogP contribution < -0.4 is 5.32 Å². The first-order chi connectivity index (χ1) is 7.50. The first kappa shape index (κ1) is 12.4. The van der Waals surface area contributed by atoms with Gasteiger partial charge in [0.15, 0.2) is 0 Å². The summed E-state index contributed by atoms with van der Waals surface area (Å²) in [5.74, 6) is 0. The molecule has 0 aromatic carbocycles. The minimum absolute atomic E-state index is 0.640. The summed E-state index contributed by atoms with van der Waals surface area (Å²) in [6.07, 6.45) is 10.1. The molecule has 0 aromatic rings. The van der Waals surface area contributed by atoms with Crippen molar-refractivity contribution in [3.8, 4) is 0 Å². The van der Waals surface area contributed by atoms with E-state index in [0.29, 0.717) is 22.9 Å². The summed E-state index contributed by atoms with van der Waals surface area (Å²) in [6.45, 7) is 9.53. The summed E-state index contributed by atoms with van der Waals surface area (Å²) >= 11 is 0. The summed E-state index contributed by atoms with van der Waals surface area (Å²) in [5.41, 5.74) is 1.35. The fourth-order valence-corrected chi connectivity index (χ4v) is 3.77. The fraction of sp³-hybridized carbons (Fsp3) is 1.00. The molecule has 3 saturated carbocycles. The number of hydrogen-bond donors (Lipinski definition) is 1. The maximum Gasteiger partial charge on any atom is 0.00976 e. The van der Waals surface area contributed by atoms with Gasteiger partial charge in [-0.25, -0.2) is 0 Å². The molecule has 2 bridgehead atoms. The molecule has 2 unspecified atom stereocenters. The lowest BCUT2D eigenvalue weighted by Gasteiger charge is -2.55. The van der Waals surface area contributed by atoms with Crippen LogP contribution in [0.4, 0.5) is 0 Å². The van der Waals surface area contributed by atoms with E-state index in [1.54, 1.807) is 0 Å². The summed E-state index contributed by atoms with van der Waals surface area (Å²) in [7, 11) is 0. The second-order valence-corrected chi connectivity index (χ2v) is 6.87. The number of rotatable bonds is 4. The van der Waals surface area contributed by atoms with E-state index in [1.165, 1.54) is 44.9 Å². The highest BCUT2D eigenvalue weighted by molar-refractivity contribution is 5.01. The Hall–Kier alpha value is -0.0400. The van der Waals surface area contributed by atoms with Crippen LogP contribution in [0.15, 0.2) is 0 Å². The molecule has 3 aliphatic carbocycles. The maximum absolute atomic E-state index is 3.83. The average Bonchev–Trinajstić information content (AvgIpc) is 2.30. The normalized spacial score (nSPS) is 42.0. The highest BCUT2D eigenvalue weighted by Gasteiger charge is 2.48. The smallest absolute Gasteiger partial charge is 0.00976 e. The molecule has 2 atom stereocenters. The second-order valence-electron chi connectivity index (χ2n) is 6.87. The van der Waals surface area contributed by atoms with Crippen LogP contribution >= 0.6 is 0 Å². The largest absolute Gasteiger partial charge is 0.311 e. The van der Waals surface area contributed by atoms with Crippen LogP contribution in [0.25, 0.3) is 0 Å².